The van der Waals surface area contributed by atoms with Crippen LogP contribution in [0.1, 0.15) is 26.3 Å². The standard InChI is InChI=1S/C9H6Br2O2/c1-5-2-6(8(10)12)4-7(3-5)9(11)13/h2-4H,1H3. The molecule has 68 valence electrons. The van der Waals surface area contributed by atoms with Gasteiger partial charge in [-0.3, -0.25) is 9.59 Å². The van der Waals surface area contributed by atoms with Crippen molar-refractivity contribution in [1.82, 2.24) is 0 Å². The highest BCUT2D eigenvalue weighted by Gasteiger charge is 2.07. The molecule has 0 aliphatic rings. The smallest absolute Gasteiger partial charge is 0.228 e. The van der Waals surface area contributed by atoms with E-state index in [1.54, 1.807) is 18.2 Å². The van der Waals surface area contributed by atoms with Crippen LogP contribution in [0.4, 0.5) is 0 Å². The number of rotatable bonds is 2. The van der Waals surface area contributed by atoms with Gasteiger partial charge in [0, 0.05) is 11.1 Å². The van der Waals surface area contributed by atoms with E-state index in [-0.39, 0.29) is 9.39 Å². The molecule has 0 amide bonds. The molecule has 1 aromatic carbocycles. The first-order valence-corrected chi connectivity index (χ1v) is 5.10. The Hall–Kier alpha value is -0.480. The van der Waals surface area contributed by atoms with Gasteiger partial charge in [0.2, 0.25) is 9.39 Å². The zero-order chi connectivity index (χ0) is 10.0. The fourth-order valence-electron chi connectivity index (χ4n) is 1.01. The van der Waals surface area contributed by atoms with Gasteiger partial charge < -0.3 is 0 Å². The lowest BCUT2D eigenvalue weighted by atomic mass is 10.1. The third kappa shape index (κ3) is 2.74. The van der Waals surface area contributed by atoms with Crippen LogP contribution in [0.3, 0.4) is 0 Å². The van der Waals surface area contributed by atoms with Gasteiger partial charge in [0.15, 0.2) is 0 Å². The number of hydrogen-bond acceptors (Lipinski definition) is 2. The van der Waals surface area contributed by atoms with Gasteiger partial charge in [-0.1, -0.05) is 0 Å². The molecule has 0 aliphatic heterocycles. The zero-order valence-corrected chi connectivity index (χ0v) is 9.98. The highest BCUT2D eigenvalue weighted by atomic mass is 79.9. The van der Waals surface area contributed by atoms with E-state index >= 15 is 0 Å². The third-order valence-corrected chi connectivity index (χ3v) is 2.45. The highest BCUT2D eigenvalue weighted by molar-refractivity contribution is 9.18. The van der Waals surface area contributed by atoms with E-state index in [1.807, 2.05) is 6.92 Å². The summed E-state index contributed by atoms with van der Waals surface area (Å²) >= 11 is 5.67. The number of benzene rings is 1. The van der Waals surface area contributed by atoms with E-state index in [1.165, 1.54) is 0 Å². The van der Waals surface area contributed by atoms with Gasteiger partial charge in [0.05, 0.1) is 0 Å². The van der Waals surface area contributed by atoms with Gasteiger partial charge >= 0.3 is 0 Å². The molecule has 0 unspecified atom stereocenters. The molecular weight excluding hydrogens is 300 g/mol. The van der Waals surface area contributed by atoms with E-state index < -0.39 is 0 Å². The summed E-state index contributed by atoms with van der Waals surface area (Å²) in [6.07, 6.45) is 0. The minimum absolute atomic E-state index is 0.216. The summed E-state index contributed by atoms with van der Waals surface area (Å²) in [5.74, 6) is 0. The number of hydrogen-bond donors (Lipinski definition) is 0. The van der Waals surface area contributed by atoms with Crippen LogP contribution in [0, 0.1) is 6.92 Å². The van der Waals surface area contributed by atoms with Crippen molar-refractivity contribution >= 4 is 41.2 Å². The molecule has 0 N–H and O–H groups in total. The fourth-order valence-corrected chi connectivity index (χ4v) is 1.47. The maximum atomic E-state index is 11.0. The van der Waals surface area contributed by atoms with Crippen LogP contribution in [-0.2, 0) is 0 Å². The molecule has 0 spiro atoms. The first kappa shape index (κ1) is 10.6. The average molecular weight is 306 g/mol. The topological polar surface area (TPSA) is 34.1 Å². The van der Waals surface area contributed by atoms with Crippen LogP contribution < -0.4 is 0 Å². The molecule has 0 fully saturated rings. The quantitative estimate of drug-likeness (QED) is 0.787. The van der Waals surface area contributed by atoms with Crippen LogP contribution in [0.5, 0.6) is 0 Å². The second-order valence-corrected chi connectivity index (χ2v) is 4.08. The van der Waals surface area contributed by atoms with Crippen molar-refractivity contribution in [3.05, 3.63) is 34.9 Å². The lowest BCUT2D eigenvalue weighted by Gasteiger charge is -2.00. The van der Waals surface area contributed by atoms with Crippen LogP contribution in [-0.4, -0.2) is 9.39 Å². The summed E-state index contributed by atoms with van der Waals surface area (Å²) in [5, 5.41) is 0. The van der Waals surface area contributed by atoms with Gasteiger partial charge in [-0.15, -0.1) is 0 Å². The molecule has 0 saturated carbocycles. The maximum Gasteiger partial charge on any atom is 0.228 e. The summed E-state index contributed by atoms with van der Waals surface area (Å²) in [6.45, 7) is 1.83. The molecule has 0 heterocycles. The molecule has 0 bridgehead atoms. The van der Waals surface area contributed by atoms with E-state index in [0.717, 1.165) is 5.56 Å². The molecule has 0 radical (unpaired) electrons. The summed E-state index contributed by atoms with van der Waals surface area (Å²) in [5.41, 5.74) is 1.86. The van der Waals surface area contributed by atoms with Crippen molar-refractivity contribution < 1.29 is 9.59 Å². The number of carbonyl (C=O) groups is 2. The normalized spacial score (nSPS) is 9.77. The van der Waals surface area contributed by atoms with Gasteiger partial charge in [0.25, 0.3) is 0 Å². The molecule has 0 aromatic heterocycles. The van der Waals surface area contributed by atoms with E-state index in [0.29, 0.717) is 11.1 Å². The molecule has 1 aromatic rings. The zero-order valence-electron chi connectivity index (χ0n) is 6.80. The van der Waals surface area contributed by atoms with Gasteiger partial charge in [-0.25, -0.2) is 0 Å². The first-order valence-electron chi connectivity index (χ1n) is 3.52. The minimum Gasteiger partial charge on any atom is -0.281 e. The molecule has 2 nitrogen and oxygen atoms in total. The maximum absolute atomic E-state index is 11.0. The molecule has 0 saturated heterocycles. The predicted molar refractivity (Wildman–Crippen MR) is 57.7 cm³/mol. The summed E-state index contributed by atoms with van der Waals surface area (Å²) in [4.78, 5) is 21.9. The lowest BCUT2D eigenvalue weighted by molar-refractivity contribution is 0.109. The number of carbonyl (C=O) groups excluding carboxylic acids is 2. The van der Waals surface area contributed by atoms with Crippen molar-refractivity contribution in [2.45, 2.75) is 6.92 Å². The molecule has 1 rings (SSSR count). The fraction of sp³-hybridized carbons (Fsp3) is 0.111. The highest BCUT2D eigenvalue weighted by Crippen LogP contribution is 2.14. The van der Waals surface area contributed by atoms with Crippen LogP contribution in [0.15, 0.2) is 18.2 Å². The average Bonchev–Trinajstić information content (AvgIpc) is 2.03. The number of halogens is 2. The molecular formula is C9H6Br2O2. The largest absolute Gasteiger partial charge is 0.281 e. The van der Waals surface area contributed by atoms with E-state index in [2.05, 4.69) is 31.9 Å². The SMILES string of the molecule is Cc1cc(C(=O)Br)cc(C(=O)Br)c1. The Kier molecular flexibility index (Phi) is 3.39. The van der Waals surface area contributed by atoms with E-state index in [4.69, 9.17) is 0 Å². The molecule has 13 heavy (non-hydrogen) atoms. The van der Waals surface area contributed by atoms with Crippen molar-refractivity contribution in [1.29, 1.82) is 0 Å². The van der Waals surface area contributed by atoms with Gasteiger partial charge in [-0.2, -0.15) is 0 Å². The van der Waals surface area contributed by atoms with Crippen molar-refractivity contribution in [3.63, 3.8) is 0 Å². The Labute approximate surface area is 92.6 Å². The number of aryl methyl sites for hydroxylation is 1. The van der Waals surface area contributed by atoms with Gasteiger partial charge in [0.1, 0.15) is 0 Å². The first-order chi connectivity index (χ1) is 6.00. The van der Waals surface area contributed by atoms with Crippen molar-refractivity contribution in [2.24, 2.45) is 0 Å². The lowest BCUT2D eigenvalue weighted by Crippen LogP contribution is -1.95. The van der Waals surface area contributed by atoms with Gasteiger partial charge in [-0.05, 0) is 62.5 Å². The summed E-state index contributed by atoms with van der Waals surface area (Å²) < 4.78 is -0.433. The Bertz CT molecular complexity index is 340. The molecule has 0 atom stereocenters. The summed E-state index contributed by atoms with van der Waals surface area (Å²) in [7, 11) is 0. The second-order valence-electron chi connectivity index (χ2n) is 2.64. The minimum atomic E-state index is -0.216. The Morgan fingerprint density at radius 3 is 1.69 bits per heavy atom. The predicted octanol–water partition coefficient (Wildman–Crippen LogP) is 3.07. The monoisotopic (exact) mass is 304 g/mol. The van der Waals surface area contributed by atoms with E-state index in [9.17, 15) is 9.59 Å². The Balaban J connectivity index is 3.26. The van der Waals surface area contributed by atoms with Crippen molar-refractivity contribution in [2.75, 3.05) is 0 Å². The van der Waals surface area contributed by atoms with Crippen LogP contribution in [0.2, 0.25) is 0 Å². The summed E-state index contributed by atoms with van der Waals surface area (Å²) in [6, 6.07) is 4.98. The van der Waals surface area contributed by atoms with Crippen molar-refractivity contribution in [3.8, 4) is 0 Å². The third-order valence-electron chi connectivity index (χ3n) is 1.53. The Morgan fingerprint density at radius 2 is 1.38 bits per heavy atom. The van der Waals surface area contributed by atoms with Crippen LogP contribution in [0.25, 0.3) is 0 Å². The molecule has 4 heteroatoms. The molecule has 0 aliphatic carbocycles. The van der Waals surface area contributed by atoms with Crippen LogP contribution >= 0.6 is 31.9 Å². The Morgan fingerprint density at radius 1 is 1.00 bits per heavy atom. The second kappa shape index (κ2) is 4.15.